The van der Waals surface area contributed by atoms with Gasteiger partial charge >= 0.3 is 0 Å². The van der Waals surface area contributed by atoms with E-state index in [-0.39, 0.29) is 11.8 Å². The zero-order valence-electron chi connectivity index (χ0n) is 11.6. The number of hydrogen-bond acceptors (Lipinski definition) is 3. The molecule has 0 aromatic heterocycles. The van der Waals surface area contributed by atoms with Crippen molar-refractivity contribution in [1.82, 2.24) is 10.0 Å². The second-order valence-electron chi connectivity index (χ2n) is 5.08. The molecular weight excluding hydrogens is 260 g/mol. The summed E-state index contributed by atoms with van der Waals surface area (Å²) in [5.74, 6) is 0.110. The van der Waals surface area contributed by atoms with Crippen molar-refractivity contribution in [2.45, 2.75) is 32.2 Å². The Morgan fingerprint density at radius 1 is 1.26 bits per heavy atom. The van der Waals surface area contributed by atoms with Crippen LogP contribution in [0.15, 0.2) is 18.2 Å². The average molecular weight is 282 g/mol. The highest BCUT2D eigenvalue weighted by Crippen LogP contribution is 2.25. The minimum absolute atomic E-state index is 0.110. The molecule has 1 unspecified atom stereocenters. The molecule has 4 nitrogen and oxygen atoms in total. The number of fused-ring (bicyclic) bond motifs is 1. The molecule has 1 aliphatic rings. The first kappa shape index (κ1) is 14.5. The third kappa shape index (κ3) is 3.78. The van der Waals surface area contributed by atoms with E-state index in [1.807, 2.05) is 0 Å². The first-order valence-corrected chi connectivity index (χ1v) is 8.43. The molecule has 1 aromatic carbocycles. The molecule has 0 heterocycles. The molecule has 0 saturated carbocycles. The van der Waals surface area contributed by atoms with Gasteiger partial charge in [0.05, 0.1) is 5.75 Å². The maximum absolute atomic E-state index is 11.3. The van der Waals surface area contributed by atoms with Crippen LogP contribution in [0.2, 0.25) is 0 Å². The lowest BCUT2D eigenvalue weighted by atomic mass is 10.0. The summed E-state index contributed by atoms with van der Waals surface area (Å²) in [6.07, 6.45) is 3.61. The number of rotatable bonds is 6. The summed E-state index contributed by atoms with van der Waals surface area (Å²) in [4.78, 5) is 0. The molecule has 2 rings (SSSR count). The normalized spacial score (nSPS) is 16.3. The molecular formula is C14H22N2O2S. The van der Waals surface area contributed by atoms with Crippen molar-refractivity contribution < 1.29 is 8.42 Å². The summed E-state index contributed by atoms with van der Waals surface area (Å²) < 4.78 is 25.0. The van der Waals surface area contributed by atoms with Crippen LogP contribution < -0.4 is 10.0 Å². The Kier molecular flexibility index (Phi) is 4.60. The average Bonchev–Trinajstić information content (AvgIpc) is 2.85. The molecule has 1 atom stereocenters. The van der Waals surface area contributed by atoms with Crippen molar-refractivity contribution in [3.05, 3.63) is 34.9 Å². The van der Waals surface area contributed by atoms with Crippen LogP contribution in [0.3, 0.4) is 0 Å². The molecule has 0 fully saturated rings. The lowest BCUT2D eigenvalue weighted by Crippen LogP contribution is -2.30. The lowest BCUT2D eigenvalue weighted by Gasteiger charge is -2.15. The van der Waals surface area contributed by atoms with Gasteiger partial charge < -0.3 is 5.32 Å². The van der Waals surface area contributed by atoms with Crippen molar-refractivity contribution in [2.75, 3.05) is 19.3 Å². The topological polar surface area (TPSA) is 58.2 Å². The van der Waals surface area contributed by atoms with Crippen LogP contribution in [-0.4, -0.2) is 27.8 Å². The van der Waals surface area contributed by atoms with E-state index in [0.717, 1.165) is 0 Å². The van der Waals surface area contributed by atoms with Gasteiger partial charge in [0, 0.05) is 12.6 Å². The third-order valence-corrected chi connectivity index (χ3v) is 5.12. The Hall–Kier alpha value is -0.910. The molecule has 0 radical (unpaired) electrons. The maximum atomic E-state index is 11.3. The minimum Gasteiger partial charge on any atom is -0.309 e. The van der Waals surface area contributed by atoms with E-state index in [1.165, 1.54) is 43.0 Å². The largest absolute Gasteiger partial charge is 0.309 e. The highest BCUT2D eigenvalue weighted by Gasteiger charge is 2.14. The number of sulfonamides is 1. The van der Waals surface area contributed by atoms with Gasteiger partial charge in [0.1, 0.15) is 0 Å². The second-order valence-corrected chi connectivity index (χ2v) is 7.13. The van der Waals surface area contributed by atoms with Crippen LogP contribution in [0.1, 0.15) is 36.1 Å². The van der Waals surface area contributed by atoms with E-state index in [9.17, 15) is 8.42 Å². The Bertz CT molecular complexity index is 540. The van der Waals surface area contributed by atoms with Crippen LogP contribution in [0, 0.1) is 0 Å². The van der Waals surface area contributed by atoms with E-state index in [2.05, 4.69) is 35.2 Å². The molecule has 19 heavy (non-hydrogen) atoms. The Labute approximate surface area is 115 Å². The summed E-state index contributed by atoms with van der Waals surface area (Å²) in [6.45, 7) is 2.53. The van der Waals surface area contributed by atoms with Gasteiger partial charge in [0.2, 0.25) is 10.0 Å². The fourth-order valence-corrected chi connectivity index (χ4v) is 3.08. The highest BCUT2D eigenvalue weighted by atomic mass is 32.2. The van der Waals surface area contributed by atoms with Crippen LogP contribution >= 0.6 is 0 Å². The predicted molar refractivity (Wildman–Crippen MR) is 77.7 cm³/mol. The lowest BCUT2D eigenvalue weighted by molar-refractivity contribution is 0.567. The quantitative estimate of drug-likeness (QED) is 0.828. The van der Waals surface area contributed by atoms with E-state index in [4.69, 9.17) is 0 Å². The Balaban J connectivity index is 1.91. The van der Waals surface area contributed by atoms with E-state index in [1.54, 1.807) is 0 Å². The molecule has 0 bridgehead atoms. The van der Waals surface area contributed by atoms with Crippen molar-refractivity contribution in [2.24, 2.45) is 0 Å². The van der Waals surface area contributed by atoms with Crippen molar-refractivity contribution in [1.29, 1.82) is 0 Å². The maximum Gasteiger partial charge on any atom is 0.212 e. The van der Waals surface area contributed by atoms with Gasteiger partial charge in [-0.05, 0) is 49.9 Å². The summed E-state index contributed by atoms with van der Waals surface area (Å²) >= 11 is 0. The van der Waals surface area contributed by atoms with Crippen molar-refractivity contribution in [3.63, 3.8) is 0 Å². The van der Waals surface area contributed by atoms with Crippen molar-refractivity contribution in [3.8, 4) is 0 Å². The van der Waals surface area contributed by atoms with Crippen LogP contribution in [0.25, 0.3) is 0 Å². The van der Waals surface area contributed by atoms with E-state index in [0.29, 0.717) is 6.54 Å². The molecule has 1 aliphatic carbocycles. The van der Waals surface area contributed by atoms with Crippen LogP contribution in [-0.2, 0) is 22.9 Å². The fraction of sp³-hybridized carbons (Fsp3) is 0.571. The third-order valence-electron chi connectivity index (χ3n) is 3.75. The molecule has 2 N–H and O–H groups in total. The van der Waals surface area contributed by atoms with Gasteiger partial charge in [-0.15, -0.1) is 0 Å². The summed E-state index contributed by atoms with van der Waals surface area (Å²) in [6, 6.07) is 6.79. The fourth-order valence-electron chi connectivity index (χ4n) is 2.49. The first-order chi connectivity index (χ1) is 9.02. The van der Waals surface area contributed by atoms with Crippen molar-refractivity contribution >= 4 is 10.0 Å². The van der Waals surface area contributed by atoms with Gasteiger partial charge in [0.15, 0.2) is 0 Å². The molecule has 5 heteroatoms. The first-order valence-electron chi connectivity index (χ1n) is 6.78. The predicted octanol–water partition coefficient (Wildman–Crippen LogP) is 1.38. The number of nitrogens with one attached hydrogen (secondary N) is 2. The summed E-state index contributed by atoms with van der Waals surface area (Å²) in [7, 11) is -1.68. The second kappa shape index (κ2) is 6.03. The Morgan fingerprint density at radius 3 is 2.74 bits per heavy atom. The van der Waals surface area contributed by atoms with Gasteiger partial charge in [0.25, 0.3) is 0 Å². The molecule has 1 aromatic rings. The molecule has 0 spiro atoms. The minimum atomic E-state index is -3.12. The summed E-state index contributed by atoms with van der Waals surface area (Å²) in [5.41, 5.74) is 4.16. The standard InChI is InChI=1S/C14H22N2O2S/c1-11(16-8-9-19(17,18)15-2)13-7-6-12-4-3-5-14(12)10-13/h6-7,10-11,15-16H,3-5,8-9H2,1-2H3. The number of aryl methyl sites for hydroxylation is 2. The highest BCUT2D eigenvalue weighted by molar-refractivity contribution is 7.89. The van der Waals surface area contributed by atoms with Gasteiger partial charge in [-0.25, -0.2) is 13.1 Å². The van der Waals surface area contributed by atoms with Gasteiger partial charge in [-0.3, -0.25) is 0 Å². The SMILES string of the molecule is CNS(=O)(=O)CCNC(C)c1ccc2c(c1)CCC2. The van der Waals surface area contributed by atoms with E-state index < -0.39 is 10.0 Å². The monoisotopic (exact) mass is 282 g/mol. The molecule has 0 saturated heterocycles. The van der Waals surface area contributed by atoms with Crippen LogP contribution in [0.5, 0.6) is 0 Å². The van der Waals surface area contributed by atoms with Gasteiger partial charge in [-0.2, -0.15) is 0 Å². The smallest absolute Gasteiger partial charge is 0.212 e. The Morgan fingerprint density at radius 2 is 2.00 bits per heavy atom. The molecule has 0 amide bonds. The molecule has 0 aliphatic heterocycles. The number of hydrogen-bond donors (Lipinski definition) is 2. The van der Waals surface area contributed by atoms with Gasteiger partial charge in [-0.1, -0.05) is 18.2 Å². The zero-order chi connectivity index (χ0) is 13.9. The van der Waals surface area contributed by atoms with Crippen LogP contribution in [0.4, 0.5) is 0 Å². The summed E-state index contributed by atoms with van der Waals surface area (Å²) in [5, 5.41) is 3.26. The molecule has 106 valence electrons. The number of benzene rings is 1. The zero-order valence-corrected chi connectivity index (χ0v) is 12.4. The van der Waals surface area contributed by atoms with E-state index >= 15 is 0 Å².